The maximum Gasteiger partial charge on any atom is 0.273 e. The van der Waals surface area contributed by atoms with Crippen LogP contribution in [0.1, 0.15) is 30.0 Å². The summed E-state index contributed by atoms with van der Waals surface area (Å²) in [6.07, 6.45) is 0.376. The van der Waals surface area contributed by atoms with Crippen molar-refractivity contribution < 1.29 is 17.9 Å². The van der Waals surface area contributed by atoms with Gasteiger partial charge in [0, 0.05) is 23.8 Å². The van der Waals surface area contributed by atoms with Crippen LogP contribution in [0.25, 0.3) is 0 Å². The van der Waals surface area contributed by atoms with E-state index in [-0.39, 0.29) is 17.1 Å². The molecule has 1 aromatic heterocycles. The SMILES string of the molecule is CCOCCNC(=O)c1n[nH]c(CC)c1S(=O)(=O)Cl. The molecule has 0 fully saturated rings. The summed E-state index contributed by atoms with van der Waals surface area (Å²) in [5.74, 6) is -0.602. The molecule has 0 bridgehead atoms. The van der Waals surface area contributed by atoms with Gasteiger partial charge in [0.2, 0.25) is 0 Å². The fourth-order valence-electron chi connectivity index (χ4n) is 1.49. The van der Waals surface area contributed by atoms with Crippen molar-refractivity contribution in [1.29, 1.82) is 0 Å². The number of hydrogen-bond donors (Lipinski definition) is 2. The lowest BCUT2D eigenvalue weighted by atomic mass is 10.3. The Morgan fingerprint density at radius 2 is 2.16 bits per heavy atom. The largest absolute Gasteiger partial charge is 0.380 e. The van der Waals surface area contributed by atoms with Crippen molar-refractivity contribution in [2.75, 3.05) is 19.8 Å². The lowest BCUT2D eigenvalue weighted by Crippen LogP contribution is -2.28. The summed E-state index contributed by atoms with van der Waals surface area (Å²) in [5, 5.41) is 8.73. The number of carbonyl (C=O) groups excluding carboxylic acids is 1. The van der Waals surface area contributed by atoms with Gasteiger partial charge in [-0.25, -0.2) is 8.42 Å². The fraction of sp³-hybridized carbons (Fsp3) is 0.600. The Hall–Kier alpha value is -1.12. The summed E-state index contributed by atoms with van der Waals surface area (Å²) in [6.45, 7) is 4.72. The molecule has 108 valence electrons. The molecular formula is C10H16ClN3O4S. The third-order valence-electron chi connectivity index (χ3n) is 2.34. The third-order valence-corrected chi connectivity index (χ3v) is 3.73. The summed E-state index contributed by atoms with van der Waals surface area (Å²) >= 11 is 0. The van der Waals surface area contributed by atoms with Crippen molar-refractivity contribution in [1.82, 2.24) is 15.5 Å². The minimum Gasteiger partial charge on any atom is -0.380 e. The second kappa shape index (κ2) is 6.88. The molecule has 0 spiro atoms. The van der Waals surface area contributed by atoms with E-state index in [2.05, 4.69) is 15.5 Å². The number of ether oxygens (including phenoxy) is 1. The summed E-state index contributed by atoms with van der Waals surface area (Å²) in [7, 11) is 1.30. The zero-order chi connectivity index (χ0) is 14.5. The normalized spacial score (nSPS) is 11.5. The highest BCUT2D eigenvalue weighted by atomic mass is 35.7. The minimum atomic E-state index is -4.03. The molecule has 0 atom stereocenters. The van der Waals surface area contributed by atoms with E-state index < -0.39 is 15.0 Å². The molecule has 0 aromatic carbocycles. The van der Waals surface area contributed by atoms with Crippen molar-refractivity contribution in [3.63, 3.8) is 0 Å². The van der Waals surface area contributed by atoms with E-state index in [4.69, 9.17) is 15.4 Å². The van der Waals surface area contributed by atoms with Gasteiger partial charge in [0.05, 0.1) is 12.3 Å². The van der Waals surface area contributed by atoms with Gasteiger partial charge in [0.15, 0.2) is 5.69 Å². The Kier molecular flexibility index (Phi) is 5.77. The van der Waals surface area contributed by atoms with Crippen LogP contribution in [0.4, 0.5) is 0 Å². The van der Waals surface area contributed by atoms with Crippen LogP contribution in [0.5, 0.6) is 0 Å². The van der Waals surface area contributed by atoms with E-state index in [1.165, 1.54) is 0 Å². The summed E-state index contributed by atoms with van der Waals surface area (Å²) < 4.78 is 28.0. The molecule has 19 heavy (non-hydrogen) atoms. The highest BCUT2D eigenvalue weighted by molar-refractivity contribution is 8.13. The maximum atomic E-state index is 11.8. The number of halogens is 1. The van der Waals surface area contributed by atoms with Gasteiger partial charge in [0.1, 0.15) is 4.90 Å². The predicted octanol–water partition coefficient (Wildman–Crippen LogP) is 0.666. The van der Waals surface area contributed by atoms with Crippen LogP contribution < -0.4 is 5.32 Å². The molecule has 0 aliphatic carbocycles. The monoisotopic (exact) mass is 309 g/mol. The molecule has 0 aliphatic rings. The molecule has 0 saturated carbocycles. The number of aryl methyl sites for hydroxylation is 1. The van der Waals surface area contributed by atoms with E-state index >= 15 is 0 Å². The number of hydrogen-bond acceptors (Lipinski definition) is 5. The number of nitrogens with one attached hydrogen (secondary N) is 2. The Morgan fingerprint density at radius 3 is 2.68 bits per heavy atom. The zero-order valence-electron chi connectivity index (χ0n) is 10.7. The molecule has 2 N–H and O–H groups in total. The predicted molar refractivity (Wildman–Crippen MR) is 69.8 cm³/mol. The molecule has 7 nitrogen and oxygen atoms in total. The number of H-pyrrole nitrogens is 1. The van der Waals surface area contributed by atoms with Crippen LogP contribution in [-0.4, -0.2) is 44.3 Å². The van der Waals surface area contributed by atoms with Gasteiger partial charge >= 0.3 is 0 Å². The van der Waals surface area contributed by atoms with E-state index in [0.717, 1.165) is 0 Å². The molecule has 1 aromatic rings. The average Bonchev–Trinajstić information content (AvgIpc) is 2.78. The molecule has 0 radical (unpaired) electrons. The number of amides is 1. The van der Waals surface area contributed by atoms with Crippen molar-refractivity contribution in [3.05, 3.63) is 11.4 Å². The standard InChI is InChI=1S/C10H16ClN3O4S/c1-3-7-9(19(11,16)17)8(14-13-7)10(15)12-5-6-18-4-2/h3-6H2,1-2H3,(H,12,15)(H,13,14). The molecule has 0 unspecified atom stereocenters. The van der Waals surface area contributed by atoms with E-state index in [1.807, 2.05) is 6.92 Å². The number of aromatic amines is 1. The quantitative estimate of drug-likeness (QED) is 0.569. The molecule has 9 heteroatoms. The maximum absolute atomic E-state index is 11.8. The van der Waals surface area contributed by atoms with Crippen LogP contribution in [0.15, 0.2) is 4.90 Å². The van der Waals surface area contributed by atoms with Crippen LogP contribution in [0.2, 0.25) is 0 Å². The van der Waals surface area contributed by atoms with Gasteiger partial charge in [0.25, 0.3) is 15.0 Å². The average molecular weight is 310 g/mol. The number of nitrogens with zero attached hydrogens (tertiary/aromatic N) is 1. The van der Waals surface area contributed by atoms with Crippen molar-refractivity contribution >= 4 is 25.6 Å². The van der Waals surface area contributed by atoms with Crippen LogP contribution in [0.3, 0.4) is 0 Å². The highest BCUT2D eigenvalue weighted by Gasteiger charge is 2.27. The van der Waals surface area contributed by atoms with Gasteiger partial charge in [-0.15, -0.1) is 0 Å². The van der Waals surface area contributed by atoms with Gasteiger partial charge in [-0.1, -0.05) is 6.92 Å². The molecule has 0 aliphatic heterocycles. The lowest BCUT2D eigenvalue weighted by Gasteiger charge is -2.04. The van der Waals surface area contributed by atoms with E-state index in [9.17, 15) is 13.2 Å². The molecular weight excluding hydrogens is 294 g/mol. The Bertz CT molecular complexity index is 541. The first-order valence-corrected chi connectivity index (χ1v) is 8.10. The van der Waals surface area contributed by atoms with Crippen molar-refractivity contribution in [3.8, 4) is 0 Å². The topological polar surface area (TPSA) is 101 Å². The summed E-state index contributed by atoms with van der Waals surface area (Å²) in [4.78, 5) is 11.6. The second-order valence-electron chi connectivity index (χ2n) is 3.62. The smallest absolute Gasteiger partial charge is 0.273 e. The second-order valence-corrected chi connectivity index (χ2v) is 6.13. The van der Waals surface area contributed by atoms with Crippen LogP contribution >= 0.6 is 10.7 Å². The Morgan fingerprint density at radius 1 is 1.47 bits per heavy atom. The first-order valence-electron chi connectivity index (χ1n) is 5.79. The minimum absolute atomic E-state index is 0.219. The summed E-state index contributed by atoms with van der Waals surface area (Å²) in [5.41, 5.74) is 0.0910. The molecule has 1 heterocycles. The van der Waals surface area contributed by atoms with Gasteiger partial charge in [-0.2, -0.15) is 5.10 Å². The number of carbonyl (C=O) groups is 1. The van der Waals surface area contributed by atoms with E-state index in [1.54, 1.807) is 6.92 Å². The molecule has 1 rings (SSSR count). The summed E-state index contributed by atoms with van der Waals surface area (Å²) in [6, 6.07) is 0. The van der Waals surface area contributed by atoms with Gasteiger partial charge < -0.3 is 10.1 Å². The number of aromatic nitrogens is 2. The Labute approximate surface area is 116 Å². The highest BCUT2D eigenvalue weighted by Crippen LogP contribution is 2.22. The van der Waals surface area contributed by atoms with Gasteiger partial charge in [-0.05, 0) is 13.3 Å². The van der Waals surface area contributed by atoms with Crippen molar-refractivity contribution in [2.45, 2.75) is 25.2 Å². The van der Waals surface area contributed by atoms with Crippen LogP contribution in [-0.2, 0) is 20.2 Å². The lowest BCUT2D eigenvalue weighted by molar-refractivity contribution is 0.0914. The molecule has 1 amide bonds. The molecule has 0 saturated heterocycles. The number of rotatable bonds is 7. The first kappa shape index (κ1) is 15.9. The first-order chi connectivity index (χ1) is 8.91. The third kappa shape index (κ3) is 4.19. The van der Waals surface area contributed by atoms with E-state index in [0.29, 0.717) is 25.3 Å². The fourth-order valence-corrected chi connectivity index (χ4v) is 2.84. The Balaban J connectivity index is 2.89. The zero-order valence-corrected chi connectivity index (χ0v) is 12.3. The van der Waals surface area contributed by atoms with Gasteiger partial charge in [-0.3, -0.25) is 9.89 Å². The van der Waals surface area contributed by atoms with Crippen molar-refractivity contribution in [2.24, 2.45) is 0 Å². The van der Waals surface area contributed by atoms with Crippen LogP contribution in [0, 0.1) is 0 Å².